The molecule has 0 saturated carbocycles. The van der Waals surface area contributed by atoms with Crippen LogP contribution in [0.5, 0.6) is 0 Å². The van der Waals surface area contributed by atoms with E-state index in [1.54, 1.807) is 6.92 Å². The number of amides is 1. The smallest absolute Gasteiger partial charge is 0.408 e. The highest BCUT2D eigenvalue weighted by molar-refractivity contribution is 5.79. The number of carboxylic acid groups (broad SMARTS) is 1. The maximum absolute atomic E-state index is 11.5. The van der Waals surface area contributed by atoms with E-state index in [2.05, 4.69) is 5.32 Å². The second-order valence-electron chi connectivity index (χ2n) is 4.39. The Morgan fingerprint density at radius 1 is 1.22 bits per heavy atom. The zero-order valence-corrected chi connectivity index (χ0v) is 11.9. The van der Waals surface area contributed by atoms with Crippen molar-refractivity contribution in [1.82, 2.24) is 5.32 Å². The summed E-state index contributed by atoms with van der Waals surface area (Å²) in [7, 11) is 0. The van der Waals surface area contributed by atoms with Crippen molar-refractivity contribution in [2.24, 2.45) is 0 Å². The first-order chi connectivity index (χ1) is 10.7. The molecule has 0 radical (unpaired) electrons. The highest BCUT2D eigenvalue weighted by atomic mass is 16.6. The van der Waals surface area contributed by atoms with E-state index < -0.39 is 45.9 Å². The van der Waals surface area contributed by atoms with Crippen molar-refractivity contribution >= 4 is 23.4 Å². The number of nitrogens with zero attached hydrogens (tertiary/aromatic N) is 2. The van der Waals surface area contributed by atoms with E-state index in [-0.39, 0.29) is 12.0 Å². The molecule has 0 spiro atoms. The highest BCUT2D eigenvalue weighted by Crippen LogP contribution is 2.23. The number of carbonyl (C=O) groups excluding carboxylic acids is 1. The Morgan fingerprint density at radius 3 is 2.13 bits per heavy atom. The van der Waals surface area contributed by atoms with Gasteiger partial charge in [0.1, 0.15) is 12.6 Å². The number of carbonyl (C=O) groups is 2. The summed E-state index contributed by atoms with van der Waals surface area (Å²) in [5, 5.41) is 32.3. The molecule has 2 N–H and O–H groups in total. The summed E-state index contributed by atoms with van der Waals surface area (Å²) in [6.07, 6.45) is -0.916. The standard InChI is InChI=1S/C12H13N3O8/c1-2-10(11(16)17)13-12(18)23-6-7-3-8(14(19)20)5-9(4-7)15(21)22/h3-5,10H,2,6H2,1H3,(H,13,18)(H,16,17). The highest BCUT2D eigenvalue weighted by Gasteiger charge is 2.20. The maximum Gasteiger partial charge on any atom is 0.408 e. The molecule has 1 aromatic carbocycles. The third-order valence-corrected chi connectivity index (χ3v) is 2.75. The average Bonchev–Trinajstić information content (AvgIpc) is 2.49. The molecule has 11 nitrogen and oxygen atoms in total. The predicted octanol–water partition coefficient (Wildman–Crippen LogP) is 1.59. The molecule has 124 valence electrons. The number of ether oxygens (including phenoxy) is 1. The number of nitrogens with one attached hydrogen (secondary N) is 1. The SMILES string of the molecule is CCC(NC(=O)OCc1cc([N+](=O)[O-])cc([N+](=O)[O-])c1)C(=O)O. The van der Waals surface area contributed by atoms with Crippen LogP contribution in [0.3, 0.4) is 0 Å². The number of non-ortho nitro benzene ring substituents is 2. The lowest BCUT2D eigenvalue weighted by atomic mass is 10.2. The molecular weight excluding hydrogens is 314 g/mol. The van der Waals surface area contributed by atoms with Gasteiger partial charge in [-0.15, -0.1) is 0 Å². The summed E-state index contributed by atoms with van der Waals surface area (Å²) in [6.45, 7) is 1.06. The van der Waals surface area contributed by atoms with Crippen LogP contribution < -0.4 is 5.32 Å². The Hall–Kier alpha value is -3.24. The van der Waals surface area contributed by atoms with Crippen LogP contribution in [0.1, 0.15) is 18.9 Å². The average molecular weight is 327 g/mol. The van der Waals surface area contributed by atoms with Crippen molar-refractivity contribution in [2.75, 3.05) is 0 Å². The first-order valence-electron chi connectivity index (χ1n) is 6.33. The van der Waals surface area contributed by atoms with Gasteiger partial charge in [0, 0.05) is 17.7 Å². The minimum Gasteiger partial charge on any atom is -0.480 e. The number of nitro benzene ring substituents is 2. The van der Waals surface area contributed by atoms with E-state index in [1.165, 1.54) is 0 Å². The summed E-state index contributed by atoms with van der Waals surface area (Å²) in [5.74, 6) is -1.24. The summed E-state index contributed by atoms with van der Waals surface area (Å²) >= 11 is 0. The molecule has 0 heterocycles. The Balaban J connectivity index is 2.80. The molecule has 0 aliphatic heterocycles. The fourth-order valence-corrected chi connectivity index (χ4v) is 1.62. The zero-order valence-electron chi connectivity index (χ0n) is 11.9. The fraction of sp³-hybridized carbons (Fsp3) is 0.333. The van der Waals surface area contributed by atoms with Crippen LogP contribution in [0.2, 0.25) is 0 Å². The zero-order chi connectivity index (χ0) is 17.6. The number of carboxylic acids is 1. The molecule has 1 amide bonds. The number of nitro groups is 2. The number of rotatable bonds is 7. The minimum atomic E-state index is -1.24. The van der Waals surface area contributed by atoms with Crippen molar-refractivity contribution in [3.05, 3.63) is 44.0 Å². The summed E-state index contributed by atoms with van der Waals surface area (Å²) in [4.78, 5) is 42.0. The van der Waals surface area contributed by atoms with Gasteiger partial charge in [-0.1, -0.05) is 6.92 Å². The fourth-order valence-electron chi connectivity index (χ4n) is 1.62. The van der Waals surface area contributed by atoms with Gasteiger partial charge in [-0.05, 0) is 6.42 Å². The lowest BCUT2D eigenvalue weighted by molar-refractivity contribution is -0.394. The number of benzene rings is 1. The van der Waals surface area contributed by atoms with Crippen LogP contribution in [0, 0.1) is 20.2 Å². The van der Waals surface area contributed by atoms with E-state index >= 15 is 0 Å². The Labute approximate surface area is 129 Å². The van der Waals surface area contributed by atoms with E-state index in [0.717, 1.165) is 18.2 Å². The van der Waals surface area contributed by atoms with Crippen LogP contribution >= 0.6 is 0 Å². The molecule has 1 rings (SSSR count). The molecule has 0 fully saturated rings. The molecule has 0 aliphatic rings. The monoisotopic (exact) mass is 327 g/mol. The van der Waals surface area contributed by atoms with Gasteiger partial charge >= 0.3 is 12.1 Å². The number of hydrogen-bond acceptors (Lipinski definition) is 7. The lowest BCUT2D eigenvalue weighted by Gasteiger charge is -2.12. The van der Waals surface area contributed by atoms with Crippen molar-refractivity contribution < 1.29 is 29.3 Å². The molecular formula is C12H13N3O8. The first-order valence-corrected chi connectivity index (χ1v) is 6.33. The van der Waals surface area contributed by atoms with Crippen molar-refractivity contribution in [3.8, 4) is 0 Å². The predicted molar refractivity (Wildman–Crippen MR) is 74.8 cm³/mol. The van der Waals surface area contributed by atoms with Crippen LogP contribution in [-0.4, -0.2) is 33.1 Å². The van der Waals surface area contributed by atoms with E-state index in [0.29, 0.717) is 0 Å². The Morgan fingerprint density at radius 2 is 1.74 bits per heavy atom. The largest absolute Gasteiger partial charge is 0.480 e. The first kappa shape index (κ1) is 17.8. The summed E-state index contributed by atoms with van der Waals surface area (Å²) in [6, 6.07) is 1.69. The van der Waals surface area contributed by atoms with Crippen LogP contribution in [0.4, 0.5) is 16.2 Å². The van der Waals surface area contributed by atoms with Gasteiger partial charge in [0.25, 0.3) is 11.4 Å². The molecule has 0 bridgehead atoms. The topological polar surface area (TPSA) is 162 Å². The maximum atomic E-state index is 11.5. The van der Waals surface area contributed by atoms with Crippen LogP contribution in [0.15, 0.2) is 18.2 Å². The number of alkyl carbamates (subject to hydrolysis) is 1. The minimum absolute atomic E-state index is 0.0319. The molecule has 1 atom stereocenters. The molecule has 0 saturated heterocycles. The normalized spacial score (nSPS) is 11.3. The van der Waals surface area contributed by atoms with Gasteiger partial charge in [0.15, 0.2) is 0 Å². The van der Waals surface area contributed by atoms with E-state index in [4.69, 9.17) is 9.84 Å². The molecule has 1 unspecified atom stereocenters. The van der Waals surface area contributed by atoms with Gasteiger partial charge < -0.3 is 15.2 Å². The van der Waals surface area contributed by atoms with Gasteiger partial charge in [0.2, 0.25) is 0 Å². The van der Waals surface area contributed by atoms with Crippen molar-refractivity contribution in [3.63, 3.8) is 0 Å². The third-order valence-electron chi connectivity index (χ3n) is 2.75. The van der Waals surface area contributed by atoms with E-state index in [9.17, 15) is 29.8 Å². The van der Waals surface area contributed by atoms with Crippen LogP contribution in [0.25, 0.3) is 0 Å². The Bertz CT molecular complexity index is 613. The number of aliphatic carboxylic acids is 1. The quantitative estimate of drug-likeness (QED) is 0.563. The molecule has 1 aromatic rings. The summed E-state index contributed by atoms with van der Waals surface area (Å²) in [5.41, 5.74) is -1.00. The van der Waals surface area contributed by atoms with Crippen molar-refractivity contribution in [1.29, 1.82) is 0 Å². The van der Waals surface area contributed by atoms with Gasteiger partial charge in [-0.2, -0.15) is 0 Å². The van der Waals surface area contributed by atoms with Crippen molar-refractivity contribution in [2.45, 2.75) is 26.0 Å². The molecule has 11 heteroatoms. The third kappa shape index (κ3) is 5.22. The summed E-state index contributed by atoms with van der Waals surface area (Å²) < 4.78 is 4.72. The van der Waals surface area contributed by atoms with Gasteiger partial charge in [0.05, 0.1) is 15.9 Å². The Kier molecular flexibility index (Phi) is 5.95. The second-order valence-corrected chi connectivity index (χ2v) is 4.39. The second kappa shape index (κ2) is 7.68. The lowest BCUT2D eigenvalue weighted by Crippen LogP contribution is -2.40. The molecule has 23 heavy (non-hydrogen) atoms. The van der Waals surface area contributed by atoms with Gasteiger partial charge in [-0.25, -0.2) is 9.59 Å². The molecule has 0 aromatic heterocycles. The van der Waals surface area contributed by atoms with Crippen LogP contribution in [-0.2, 0) is 16.1 Å². The van der Waals surface area contributed by atoms with E-state index in [1.807, 2.05) is 0 Å². The molecule has 0 aliphatic carbocycles. The van der Waals surface area contributed by atoms with Gasteiger partial charge in [-0.3, -0.25) is 20.2 Å². The number of hydrogen-bond donors (Lipinski definition) is 2.